The normalized spacial score (nSPS) is 33.8. The molecule has 0 amide bonds. The zero-order chi connectivity index (χ0) is 23.1. The molecule has 0 aromatic carbocycles. The summed E-state index contributed by atoms with van der Waals surface area (Å²) in [5, 5.41) is 0. The molecule has 4 atom stereocenters. The van der Waals surface area contributed by atoms with Crippen molar-refractivity contribution in [2.24, 2.45) is 28.6 Å². The van der Waals surface area contributed by atoms with Crippen LogP contribution in [0.5, 0.6) is 0 Å². The summed E-state index contributed by atoms with van der Waals surface area (Å²) in [7, 11) is 0. The maximum Gasteiger partial charge on any atom is 0.348 e. The fraction of sp³-hybridized carbons (Fsp3) is 0.846. The molecule has 4 rings (SSSR count). The van der Waals surface area contributed by atoms with Gasteiger partial charge in [0, 0.05) is 11.8 Å². The molecule has 6 nitrogen and oxygen atoms in total. The van der Waals surface area contributed by atoms with Crippen LogP contribution < -0.4 is 0 Å². The molecule has 3 fully saturated rings. The fourth-order valence-electron chi connectivity index (χ4n) is 6.32. The topological polar surface area (TPSA) is 71.1 Å². The molecular formula is C26H40O6. The van der Waals surface area contributed by atoms with Crippen LogP contribution in [0.25, 0.3) is 0 Å². The van der Waals surface area contributed by atoms with Crippen LogP contribution in [0.3, 0.4) is 0 Å². The quantitative estimate of drug-likeness (QED) is 0.411. The predicted molar refractivity (Wildman–Crippen MR) is 120 cm³/mol. The van der Waals surface area contributed by atoms with Crippen LogP contribution in [0.2, 0.25) is 0 Å². The monoisotopic (exact) mass is 448 g/mol. The summed E-state index contributed by atoms with van der Waals surface area (Å²) in [6.45, 7) is 12.1. The summed E-state index contributed by atoms with van der Waals surface area (Å²) in [6, 6.07) is 0. The molecule has 32 heavy (non-hydrogen) atoms. The first-order valence-corrected chi connectivity index (χ1v) is 12.5. The zero-order valence-electron chi connectivity index (χ0n) is 20.4. The third-order valence-corrected chi connectivity index (χ3v) is 8.20. The summed E-state index contributed by atoms with van der Waals surface area (Å²) in [6.07, 6.45) is 7.77. The third kappa shape index (κ3) is 4.13. The molecule has 2 heterocycles. The highest BCUT2D eigenvalue weighted by molar-refractivity contribution is 5.87. The highest BCUT2D eigenvalue weighted by atomic mass is 16.7. The van der Waals surface area contributed by atoms with Crippen molar-refractivity contribution in [3.63, 3.8) is 0 Å². The van der Waals surface area contributed by atoms with E-state index >= 15 is 0 Å². The minimum absolute atomic E-state index is 0.202. The second kappa shape index (κ2) is 8.75. The lowest BCUT2D eigenvalue weighted by atomic mass is 9.63. The van der Waals surface area contributed by atoms with E-state index in [4.69, 9.17) is 18.9 Å². The van der Waals surface area contributed by atoms with Gasteiger partial charge in [0.05, 0.1) is 18.6 Å². The lowest BCUT2D eigenvalue weighted by molar-refractivity contribution is -0.178. The number of carbonyl (C=O) groups is 2. The number of hydrogen-bond donors (Lipinski definition) is 0. The highest BCUT2D eigenvalue weighted by Gasteiger charge is 2.60. The molecule has 180 valence electrons. The van der Waals surface area contributed by atoms with E-state index in [0.717, 1.165) is 31.3 Å². The van der Waals surface area contributed by atoms with Crippen molar-refractivity contribution in [2.75, 3.05) is 19.8 Å². The van der Waals surface area contributed by atoms with E-state index < -0.39 is 28.7 Å². The van der Waals surface area contributed by atoms with E-state index in [1.54, 1.807) is 0 Å². The first-order valence-electron chi connectivity index (χ1n) is 12.5. The van der Waals surface area contributed by atoms with Crippen LogP contribution in [-0.4, -0.2) is 43.7 Å². The summed E-state index contributed by atoms with van der Waals surface area (Å²) >= 11 is 0. The number of rotatable bonds is 7. The van der Waals surface area contributed by atoms with Gasteiger partial charge in [0.1, 0.15) is 6.61 Å². The van der Waals surface area contributed by atoms with E-state index in [0.29, 0.717) is 37.9 Å². The minimum atomic E-state index is -0.849. The van der Waals surface area contributed by atoms with Crippen LogP contribution in [0.4, 0.5) is 0 Å². The maximum atomic E-state index is 13.9. The largest absolute Gasteiger partial charge is 0.462 e. The summed E-state index contributed by atoms with van der Waals surface area (Å²) in [5.41, 5.74) is -0.130. The molecule has 0 N–H and O–H groups in total. The van der Waals surface area contributed by atoms with Crippen molar-refractivity contribution in [2.45, 2.75) is 91.5 Å². The van der Waals surface area contributed by atoms with Crippen molar-refractivity contribution < 1.29 is 28.5 Å². The molecule has 2 aliphatic carbocycles. The molecule has 0 radical (unpaired) electrons. The Hall–Kier alpha value is -1.40. The Balaban J connectivity index is 1.62. The van der Waals surface area contributed by atoms with Crippen LogP contribution in [0.15, 0.2) is 11.6 Å². The Morgan fingerprint density at radius 2 is 1.88 bits per heavy atom. The van der Waals surface area contributed by atoms with Gasteiger partial charge in [-0.3, -0.25) is 4.79 Å². The number of carbonyl (C=O) groups excluding carboxylic acids is 2. The molecule has 4 aliphatic rings. The first kappa shape index (κ1) is 23.7. The molecular weight excluding hydrogens is 408 g/mol. The van der Waals surface area contributed by atoms with Crippen LogP contribution in [0, 0.1) is 28.6 Å². The molecule has 1 saturated carbocycles. The van der Waals surface area contributed by atoms with E-state index in [9.17, 15) is 9.59 Å². The number of ether oxygens (including phenoxy) is 4. The van der Waals surface area contributed by atoms with Gasteiger partial charge in [0.15, 0.2) is 5.79 Å². The Labute approximate surface area is 192 Å². The average molecular weight is 449 g/mol. The van der Waals surface area contributed by atoms with Gasteiger partial charge in [-0.05, 0) is 43.1 Å². The Morgan fingerprint density at radius 3 is 2.50 bits per heavy atom. The smallest absolute Gasteiger partial charge is 0.348 e. The van der Waals surface area contributed by atoms with Gasteiger partial charge in [0.25, 0.3) is 0 Å². The van der Waals surface area contributed by atoms with Crippen molar-refractivity contribution in [3.05, 3.63) is 11.6 Å². The van der Waals surface area contributed by atoms with Gasteiger partial charge in [-0.25, -0.2) is 4.79 Å². The Bertz CT molecular complexity index is 762. The van der Waals surface area contributed by atoms with Crippen molar-refractivity contribution in [1.82, 2.24) is 0 Å². The molecule has 0 aromatic heterocycles. The Morgan fingerprint density at radius 1 is 1.16 bits per heavy atom. The number of esters is 2. The van der Waals surface area contributed by atoms with Gasteiger partial charge in [0.2, 0.25) is 6.10 Å². The van der Waals surface area contributed by atoms with Gasteiger partial charge in [-0.15, -0.1) is 0 Å². The van der Waals surface area contributed by atoms with Gasteiger partial charge >= 0.3 is 11.9 Å². The fourth-order valence-corrected chi connectivity index (χ4v) is 6.32. The van der Waals surface area contributed by atoms with Gasteiger partial charge in [-0.2, -0.15) is 0 Å². The SMILES string of the molecule is CC(C)CCC[C@@H](C)[C@H]1CCC2=CC3(CC[C@@]21C(=O)O[C@H]1C(=O)OCC1(C)C)OCCO3. The van der Waals surface area contributed by atoms with Gasteiger partial charge in [-0.1, -0.05) is 59.5 Å². The summed E-state index contributed by atoms with van der Waals surface area (Å²) in [5.74, 6) is -0.100. The van der Waals surface area contributed by atoms with E-state index in [1.165, 1.54) is 6.42 Å². The second-order valence-corrected chi connectivity index (χ2v) is 11.5. The van der Waals surface area contributed by atoms with Crippen molar-refractivity contribution >= 4 is 11.9 Å². The molecule has 0 bridgehead atoms. The summed E-state index contributed by atoms with van der Waals surface area (Å²) in [4.78, 5) is 26.3. The predicted octanol–water partition coefficient (Wildman–Crippen LogP) is 4.80. The lowest BCUT2D eigenvalue weighted by Gasteiger charge is -2.44. The zero-order valence-corrected chi connectivity index (χ0v) is 20.4. The lowest BCUT2D eigenvalue weighted by Crippen LogP contribution is -2.49. The standard InChI is InChI=1S/C26H40O6/c1-17(2)7-6-8-18(3)20-10-9-19-15-25(30-13-14-31-25)11-12-26(19,20)23(28)32-21-22(27)29-16-24(21,4)5/h15,17-18,20-21H,6-14,16H2,1-5H3/t18-,20-,21+,26-/m1/s1. The molecule has 2 aliphatic heterocycles. The van der Waals surface area contributed by atoms with Crippen molar-refractivity contribution in [1.29, 1.82) is 0 Å². The minimum Gasteiger partial charge on any atom is -0.462 e. The number of cyclic esters (lactones) is 1. The Kier molecular flexibility index (Phi) is 6.49. The van der Waals surface area contributed by atoms with Gasteiger partial charge < -0.3 is 18.9 Å². The van der Waals surface area contributed by atoms with E-state index in [-0.39, 0.29) is 18.5 Å². The van der Waals surface area contributed by atoms with Crippen LogP contribution in [-0.2, 0) is 28.5 Å². The third-order valence-electron chi connectivity index (χ3n) is 8.20. The highest BCUT2D eigenvalue weighted by Crippen LogP contribution is 2.59. The molecule has 0 aromatic rings. The number of hydrogen-bond acceptors (Lipinski definition) is 6. The van der Waals surface area contributed by atoms with Crippen LogP contribution in [0.1, 0.15) is 79.6 Å². The molecule has 1 spiro atoms. The maximum absolute atomic E-state index is 13.9. The second-order valence-electron chi connectivity index (χ2n) is 11.5. The van der Waals surface area contributed by atoms with E-state index in [2.05, 4.69) is 26.8 Å². The molecule has 6 heteroatoms. The summed E-state index contributed by atoms with van der Waals surface area (Å²) < 4.78 is 23.2. The molecule has 0 unspecified atom stereocenters. The first-order chi connectivity index (χ1) is 15.1. The molecule has 2 saturated heterocycles. The van der Waals surface area contributed by atoms with Crippen molar-refractivity contribution in [3.8, 4) is 0 Å². The van der Waals surface area contributed by atoms with E-state index in [1.807, 2.05) is 13.8 Å². The number of fused-ring (bicyclic) bond motifs is 1. The average Bonchev–Trinajstić information content (AvgIpc) is 3.41. The van der Waals surface area contributed by atoms with Crippen LogP contribution >= 0.6 is 0 Å².